The van der Waals surface area contributed by atoms with Gasteiger partial charge in [-0.3, -0.25) is 4.79 Å². The van der Waals surface area contributed by atoms with Crippen molar-refractivity contribution in [2.45, 2.75) is 45.6 Å². The second-order valence-corrected chi connectivity index (χ2v) is 5.57. The number of hydrogen-bond acceptors (Lipinski definition) is 3. The number of ether oxygens (including phenoxy) is 1. The van der Waals surface area contributed by atoms with Crippen LogP contribution in [0.15, 0.2) is 11.8 Å². The summed E-state index contributed by atoms with van der Waals surface area (Å²) in [4.78, 5) is 11.6. The Kier molecular flexibility index (Phi) is 3.33. The Labute approximate surface area is 97.2 Å². The smallest absolute Gasteiger partial charge is 0.139 e. The quantitative estimate of drug-likeness (QED) is 0.795. The van der Waals surface area contributed by atoms with Gasteiger partial charge in [-0.25, -0.2) is 0 Å². The third kappa shape index (κ3) is 3.08. The predicted molar refractivity (Wildman–Crippen MR) is 63.1 cm³/mol. The lowest BCUT2D eigenvalue weighted by molar-refractivity contribution is -0.120. The molecule has 1 aliphatic heterocycles. The van der Waals surface area contributed by atoms with E-state index >= 15 is 0 Å². The van der Waals surface area contributed by atoms with E-state index in [0.717, 1.165) is 31.7 Å². The number of ketones is 1. The van der Waals surface area contributed by atoms with Gasteiger partial charge in [-0.2, -0.15) is 0 Å². The molecule has 3 nitrogen and oxygen atoms in total. The molecular formula is C13H21NO2. The molecule has 1 fully saturated rings. The number of nitrogens with one attached hydrogen (secondary N) is 1. The van der Waals surface area contributed by atoms with Gasteiger partial charge in [0.2, 0.25) is 0 Å². The fourth-order valence-corrected chi connectivity index (χ4v) is 2.52. The van der Waals surface area contributed by atoms with Gasteiger partial charge in [0.25, 0.3) is 0 Å². The first kappa shape index (κ1) is 11.6. The minimum atomic E-state index is 0.00813. The summed E-state index contributed by atoms with van der Waals surface area (Å²) in [6.07, 6.45) is 6.06. The SMILES string of the molecule is CC1(C)C=C(NC[C@H]2CCCO2)CC(=O)C1. The molecule has 2 rings (SSSR count). The summed E-state index contributed by atoms with van der Waals surface area (Å²) in [5.74, 6) is 0.336. The molecular weight excluding hydrogens is 202 g/mol. The molecule has 1 atom stereocenters. The van der Waals surface area contributed by atoms with Crippen molar-refractivity contribution in [3.63, 3.8) is 0 Å². The van der Waals surface area contributed by atoms with Gasteiger partial charge in [0, 0.05) is 31.7 Å². The Morgan fingerprint density at radius 1 is 1.56 bits per heavy atom. The molecule has 0 radical (unpaired) electrons. The van der Waals surface area contributed by atoms with Crippen LogP contribution in [0.1, 0.15) is 39.5 Å². The van der Waals surface area contributed by atoms with E-state index < -0.39 is 0 Å². The normalized spacial score (nSPS) is 29.0. The zero-order chi connectivity index (χ0) is 11.6. The lowest BCUT2D eigenvalue weighted by Gasteiger charge is -2.27. The van der Waals surface area contributed by atoms with Crippen LogP contribution in [0.2, 0.25) is 0 Å². The van der Waals surface area contributed by atoms with Crippen LogP contribution in [0.5, 0.6) is 0 Å². The topological polar surface area (TPSA) is 38.3 Å². The standard InChI is InChI=1S/C13H21NO2/c1-13(2)7-10(6-11(15)8-13)14-9-12-4-3-5-16-12/h7,12,14H,3-6,8-9H2,1-2H3/t12-/m1/s1. The molecule has 90 valence electrons. The number of Topliss-reactive ketones (excluding diaryl/α,β-unsaturated/α-hetero) is 1. The Bertz CT molecular complexity index is 301. The van der Waals surface area contributed by atoms with Gasteiger partial charge in [-0.15, -0.1) is 0 Å². The third-order valence-electron chi connectivity index (χ3n) is 3.19. The van der Waals surface area contributed by atoms with Gasteiger partial charge in [0.15, 0.2) is 0 Å². The molecule has 0 saturated carbocycles. The lowest BCUT2D eigenvalue weighted by atomic mass is 9.81. The van der Waals surface area contributed by atoms with Crippen LogP contribution in [0.3, 0.4) is 0 Å². The largest absolute Gasteiger partial charge is 0.386 e. The fourth-order valence-electron chi connectivity index (χ4n) is 2.52. The molecule has 16 heavy (non-hydrogen) atoms. The second kappa shape index (κ2) is 4.58. The average molecular weight is 223 g/mol. The number of carbonyl (C=O) groups is 1. The maximum absolute atomic E-state index is 11.6. The van der Waals surface area contributed by atoms with Crippen molar-refractivity contribution in [2.75, 3.05) is 13.2 Å². The van der Waals surface area contributed by atoms with Crippen LogP contribution in [0, 0.1) is 5.41 Å². The summed E-state index contributed by atoms with van der Waals surface area (Å²) in [5, 5.41) is 3.36. The summed E-state index contributed by atoms with van der Waals surface area (Å²) in [6, 6.07) is 0. The van der Waals surface area contributed by atoms with Crippen LogP contribution < -0.4 is 5.32 Å². The highest BCUT2D eigenvalue weighted by molar-refractivity contribution is 5.83. The first-order valence-electron chi connectivity index (χ1n) is 6.14. The molecule has 1 heterocycles. The predicted octanol–water partition coefficient (Wildman–Crippen LogP) is 2.03. The Balaban J connectivity index is 1.88. The van der Waals surface area contributed by atoms with Crippen molar-refractivity contribution in [3.05, 3.63) is 11.8 Å². The van der Waals surface area contributed by atoms with Crippen molar-refractivity contribution in [2.24, 2.45) is 5.41 Å². The van der Waals surface area contributed by atoms with E-state index in [1.54, 1.807) is 0 Å². The molecule has 1 saturated heterocycles. The molecule has 0 spiro atoms. The van der Waals surface area contributed by atoms with Gasteiger partial charge in [0.05, 0.1) is 6.10 Å². The van der Waals surface area contributed by atoms with Crippen LogP contribution in [0.25, 0.3) is 0 Å². The van der Waals surface area contributed by atoms with Gasteiger partial charge in [-0.05, 0) is 18.3 Å². The van der Waals surface area contributed by atoms with E-state index in [1.165, 1.54) is 0 Å². The highest BCUT2D eigenvalue weighted by Crippen LogP contribution is 2.30. The maximum atomic E-state index is 11.6. The van der Waals surface area contributed by atoms with Crippen molar-refractivity contribution in [1.29, 1.82) is 0 Å². The second-order valence-electron chi connectivity index (χ2n) is 5.57. The van der Waals surface area contributed by atoms with Gasteiger partial charge >= 0.3 is 0 Å². The van der Waals surface area contributed by atoms with Crippen LogP contribution in [0.4, 0.5) is 0 Å². The van der Waals surface area contributed by atoms with E-state index in [4.69, 9.17) is 4.74 Å². The van der Waals surface area contributed by atoms with E-state index in [0.29, 0.717) is 24.7 Å². The number of rotatable bonds is 3. The summed E-state index contributed by atoms with van der Waals surface area (Å²) in [7, 11) is 0. The zero-order valence-corrected chi connectivity index (χ0v) is 10.2. The van der Waals surface area contributed by atoms with E-state index in [1.807, 2.05) is 0 Å². The summed E-state index contributed by atoms with van der Waals surface area (Å²) < 4.78 is 5.55. The summed E-state index contributed by atoms with van der Waals surface area (Å²) in [6.45, 7) is 5.95. The number of carbonyl (C=O) groups excluding carboxylic acids is 1. The number of allylic oxidation sites excluding steroid dienone is 2. The molecule has 0 bridgehead atoms. The molecule has 3 heteroatoms. The van der Waals surface area contributed by atoms with Crippen molar-refractivity contribution in [3.8, 4) is 0 Å². The molecule has 1 aliphatic carbocycles. The minimum Gasteiger partial charge on any atom is -0.386 e. The highest BCUT2D eigenvalue weighted by atomic mass is 16.5. The Morgan fingerprint density at radius 3 is 3.00 bits per heavy atom. The lowest BCUT2D eigenvalue weighted by Crippen LogP contribution is -2.31. The zero-order valence-electron chi connectivity index (χ0n) is 10.2. The van der Waals surface area contributed by atoms with Crippen LogP contribution in [-0.4, -0.2) is 25.0 Å². The number of hydrogen-bond donors (Lipinski definition) is 1. The van der Waals surface area contributed by atoms with Crippen molar-refractivity contribution in [1.82, 2.24) is 5.32 Å². The molecule has 0 aromatic rings. The van der Waals surface area contributed by atoms with E-state index in [9.17, 15) is 4.79 Å². The summed E-state index contributed by atoms with van der Waals surface area (Å²) >= 11 is 0. The van der Waals surface area contributed by atoms with Gasteiger partial charge in [0.1, 0.15) is 5.78 Å². The van der Waals surface area contributed by atoms with Gasteiger partial charge in [-0.1, -0.05) is 19.9 Å². The first-order chi connectivity index (χ1) is 7.55. The molecule has 2 aliphatic rings. The maximum Gasteiger partial charge on any atom is 0.139 e. The first-order valence-corrected chi connectivity index (χ1v) is 6.14. The highest BCUT2D eigenvalue weighted by Gasteiger charge is 2.26. The molecule has 0 unspecified atom stereocenters. The molecule has 0 aromatic heterocycles. The monoisotopic (exact) mass is 223 g/mol. The van der Waals surface area contributed by atoms with Crippen molar-refractivity contribution < 1.29 is 9.53 Å². The third-order valence-corrected chi connectivity index (χ3v) is 3.19. The van der Waals surface area contributed by atoms with Gasteiger partial charge < -0.3 is 10.1 Å². The Hall–Kier alpha value is -0.830. The van der Waals surface area contributed by atoms with E-state index in [2.05, 4.69) is 25.2 Å². The molecule has 0 amide bonds. The Morgan fingerprint density at radius 2 is 2.38 bits per heavy atom. The molecule has 0 aromatic carbocycles. The van der Waals surface area contributed by atoms with E-state index in [-0.39, 0.29) is 5.41 Å². The van der Waals surface area contributed by atoms with Crippen LogP contribution in [-0.2, 0) is 9.53 Å². The summed E-state index contributed by atoms with van der Waals surface area (Å²) in [5.41, 5.74) is 1.09. The van der Waals surface area contributed by atoms with Crippen LogP contribution >= 0.6 is 0 Å². The average Bonchev–Trinajstić information content (AvgIpc) is 2.63. The van der Waals surface area contributed by atoms with Crippen molar-refractivity contribution >= 4 is 5.78 Å². The fraction of sp³-hybridized carbons (Fsp3) is 0.769. The minimum absolute atomic E-state index is 0.00813. The molecule has 1 N–H and O–H groups in total.